The van der Waals surface area contributed by atoms with Gasteiger partial charge in [-0.3, -0.25) is 9.78 Å². The fourth-order valence-electron chi connectivity index (χ4n) is 0.845. The van der Waals surface area contributed by atoms with Crippen molar-refractivity contribution in [3.63, 3.8) is 0 Å². The lowest BCUT2D eigenvalue weighted by atomic mass is 10.1. The molecular weight excluding hydrogens is 162 g/mol. The number of nitrogens with zero attached hydrogens (tertiary/aromatic N) is 1. The monoisotopic (exact) mass is 175 g/mol. The summed E-state index contributed by atoms with van der Waals surface area (Å²) in [6, 6.07) is 3.73. The van der Waals surface area contributed by atoms with E-state index in [1.54, 1.807) is 18.5 Å². The van der Waals surface area contributed by atoms with Crippen LogP contribution in [0.4, 0.5) is 0 Å². The van der Waals surface area contributed by atoms with E-state index >= 15 is 0 Å². The molecule has 0 bridgehead atoms. The highest BCUT2D eigenvalue weighted by Gasteiger charge is 2.00. The zero-order chi connectivity index (χ0) is 9.68. The zero-order valence-corrected chi connectivity index (χ0v) is 7.90. The van der Waals surface area contributed by atoms with Crippen molar-refractivity contribution < 1.29 is 4.79 Å². The molecule has 2 heteroatoms. The summed E-state index contributed by atoms with van der Waals surface area (Å²) >= 11 is 0. The maximum Gasteiger partial charge on any atom is 0.158 e. The molecule has 1 rings (SSSR count). The number of carbonyl (C=O) groups excluding carboxylic acids is 1. The van der Waals surface area contributed by atoms with Crippen molar-refractivity contribution in [1.29, 1.82) is 0 Å². The lowest BCUT2D eigenvalue weighted by Crippen LogP contribution is -2.01. The number of rotatable bonds is 3. The SMILES string of the molecule is CC(C)C(=O)/C=C/c1ccncc1. The second-order valence-corrected chi connectivity index (χ2v) is 3.17. The predicted octanol–water partition coefficient (Wildman–Crippen LogP) is 2.32. The quantitative estimate of drug-likeness (QED) is 0.660. The summed E-state index contributed by atoms with van der Waals surface area (Å²) in [5.74, 6) is 0.217. The lowest BCUT2D eigenvalue weighted by Gasteiger charge is -1.96. The first kappa shape index (κ1) is 9.65. The molecule has 0 radical (unpaired) electrons. The van der Waals surface area contributed by atoms with E-state index in [0.29, 0.717) is 0 Å². The van der Waals surface area contributed by atoms with Crippen LogP contribution in [0.15, 0.2) is 30.6 Å². The molecule has 0 aliphatic carbocycles. The summed E-state index contributed by atoms with van der Waals surface area (Å²) in [6.45, 7) is 3.78. The van der Waals surface area contributed by atoms with E-state index in [1.807, 2.05) is 32.1 Å². The summed E-state index contributed by atoms with van der Waals surface area (Å²) in [6.07, 6.45) is 6.84. The van der Waals surface area contributed by atoms with Gasteiger partial charge >= 0.3 is 0 Å². The van der Waals surface area contributed by atoms with Gasteiger partial charge in [0.2, 0.25) is 0 Å². The molecule has 1 aromatic heterocycles. The number of pyridine rings is 1. The van der Waals surface area contributed by atoms with Crippen LogP contribution in [-0.4, -0.2) is 10.8 Å². The van der Waals surface area contributed by atoms with Gasteiger partial charge in [-0.2, -0.15) is 0 Å². The summed E-state index contributed by atoms with van der Waals surface area (Å²) in [4.78, 5) is 15.1. The van der Waals surface area contributed by atoms with E-state index in [9.17, 15) is 4.79 Å². The van der Waals surface area contributed by atoms with Gasteiger partial charge in [0.25, 0.3) is 0 Å². The molecule has 0 amide bonds. The molecule has 0 spiro atoms. The van der Waals surface area contributed by atoms with Crippen LogP contribution < -0.4 is 0 Å². The van der Waals surface area contributed by atoms with Gasteiger partial charge in [-0.05, 0) is 23.8 Å². The summed E-state index contributed by atoms with van der Waals surface area (Å²) in [5.41, 5.74) is 1.00. The van der Waals surface area contributed by atoms with Crippen LogP contribution in [0.1, 0.15) is 19.4 Å². The van der Waals surface area contributed by atoms with Crippen LogP contribution in [0.25, 0.3) is 6.08 Å². The fraction of sp³-hybridized carbons (Fsp3) is 0.273. The highest BCUT2D eigenvalue weighted by Crippen LogP contribution is 2.02. The molecule has 0 saturated heterocycles. The smallest absolute Gasteiger partial charge is 0.158 e. The minimum absolute atomic E-state index is 0.0677. The van der Waals surface area contributed by atoms with Crippen LogP contribution in [0, 0.1) is 5.92 Å². The summed E-state index contributed by atoms with van der Waals surface area (Å²) in [5, 5.41) is 0. The van der Waals surface area contributed by atoms with Gasteiger partial charge in [-0.25, -0.2) is 0 Å². The van der Waals surface area contributed by atoms with E-state index in [1.165, 1.54) is 0 Å². The van der Waals surface area contributed by atoms with Gasteiger partial charge in [-0.1, -0.05) is 19.9 Å². The molecule has 68 valence electrons. The van der Waals surface area contributed by atoms with Gasteiger partial charge < -0.3 is 0 Å². The molecule has 0 fully saturated rings. The molecule has 0 N–H and O–H groups in total. The Kier molecular flexibility index (Phi) is 3.38. The third-order valence-corrected chi connectivity index (χ3v) is 1.72. The molecule has 0 aliphatic rings. The molecule has 0 unspecified atom stereocenters. The Balaban J connectivity index is 2.64. The molecule has 0 saturated carbocycles. The third-order valence-electron chi connectivity index (χ3n) is 1.72. The van der Waals surface area contributed by atoms with Crippen LogP contribution in [0.5, 0.6) is 0 Å². The first-order valence-electron chi connectivity index (χ1n) is 4.32. The lowest BCUT2D eigenvalue weighted by molar-refractivity contribution is -0.117. The standard InChI is InChI=1S/C11H13NO/c1-9(2)11(13)4-3-10-5-7-12-8-6-10/h3-9H,1-2H3/b4-3+. The van der Waals surface area contributed by atoms with E-state index in [4.69, 9.17) is 0 Å². The highest BCUT2D eigenvalue weighted by atomic mass is 16.1. The molecule has 2 nitrogen and oxygen atoms in total. The number of aromatic nitrogens is 1. The third kappa shape index (κ3) is 3.20. The van der Waals surface area contributed by atoms with Gasteiger partial charge in [0, 0.05) is 18.3 Å². The van der Waals surface area contributed by atoms with Crippen LogP contribution in [0.2, 0.25) is 0 Å². The summed E-state index contributed by atoms with van der Waals surface area (Å²) in [7, 11) is 0. The number of allylic oxidation sites excluding steroid dienone is 1. The second-order valence-electron chi connectivity index (χ2n) is 3.17. The molecular formula is C11H13NO. The number of hydrogen-bond acceptors (Lipinski definition) is 2. The van der Waals surface area contributed by atoms with Crippen molar-refractivity contribution in [2.24, 2.45) is 5.92 Å². The Labute approximate surface area is 78.3 Å². The topological polar surface area (TPSA) is 30.0 Å². The normalized spacial score (nSPS) is 11.0. The summed E-state index contributed by atoms with van der Waals surface area (Å²) < 4.78 is 0. The Bertz CT molecular complexity index is 301. The number of carbonyl (C=O) groups is 1. The second kappa shape index (κ2) is 4.55. The first-order valence-corrected chi connectivity index (χ1v) is 4.32. The average Bonchev–Trinajstić information content (AvgIpc) is 2.15. The molecule has 0 aromatic carbocycles. The minimum Gasteiger partial charge on any atom is -0.295 e. The highest BCUT2D eigenvalue weighted by molar-refractivity contribution is 5.94. The van der Waals surface area contributed by atoms with Crippen LogP contribution in [0.3, 0.4) is 0 Å². The molecule has 0 atom stereocenters. The molecule has 1 aromatic rings. The predicted molar refractivity (Wildman–Crippen MR) is 53.1 cm³/mol. The van der Waals surface area contributed by atoms with E-state index in [-0.39, 0.29) is 11.7 Å². The van der Waals surface area contributed by atoms with Crippen molar-refractivity contribution >= 4 is 11.9 Å². The number of ketones is 1. The van der Waals surface area contributed by atoms with E-state index < -0.39 is 0 Å². The van der Waals surface area contributed by atoms with Gasteiger partial charge in [0.1, 0.15) is 0 Å². The van der Waals surface area contributed by atoms with E-state index in [2.05, 4.69) is 4.98 Å². The van der Waals surface area contributed by atoms with Gasteiger partial charge in [0.15, 0.2) is 5.78 Å². The van der Waals surface area contributed by atoms with E-state index in [0.717, 1.165) is 5.56 Å². The van der Waals surface area contributed by atoms with Crippen LogP contribution in [-0.2, 0) is 4.79 Å². The Morgan fingerprint density at radius 3 is 2.54 bits per heavy atom. The van der Waals surface area contributed by atoms with Crippen molar-refractivity contribution in [3.05, 3.63) is 36.2 Å². The Hall–Kier alpha value is -1.44. The molecule has 13 heavy (non-hydrogen) atoms. The van der Waals surface area contributed by atoms with Crippen molar-refractivity contribution in [2.75, 3.05) is 0 Å². The Morgan fingerprint density at radius 1 is 1.38 bits per heavy atom. The van der Waals surface area contributed by atoms with Crippen molar-refractivity contribution in [3.8, 4) is 0 Å². The maximum absolute atomic E-state index is 11.2. The van der Waals surface area contributed by atoms with Gasteiger partial charge in [0.05, 0.1) is 0 Å². The zero-order valence-electron chi connectivity index (χ0n) is 7.90. The largest absolute Gasteiger partial charge is 0.295 e. The maximum atomic E-state index is 11.2. The first-order chi connectivity index (χ1) is 6.20. The number of hydrogen-bond donors (Lipinski definition) is 0. The average molecular weight is 175 g/mol. The molecule has 0 aliphatic heterocycles. The minimum atomic E-state index is 0.0677. The van der Waals surface area contributed by atoms with Gasteiger partial charge in [-0.15, -0.1) is 0 Å². The van der Waals surface area contributed by atoms with Crippen LogP contribution >= 0.6 is 0 Å². The Morgan fingerprint density at radius 2 is 2.00 bits per heavy atom. The van der Waals surface area contributed by atoms with Crippen molar-refractivity contribution in [2.45, 2.75) is 13.8 Å². The van der Waals surface area contributed by atoms with Crippen molar-refractivity contribution in [1.82, 2.24) is 4.98 Å². The molecule has 1 heterocycles. The fourth-order valence-corrected chi connectivity index (χ4v) is 0.845.